The minimum atomic E-state index is -0.291. The van der Waals surface area contributed by atoms with Crippen LogP contribution in [0.2, 0.25) is 0 Å². The monoisotopic (exact) mass is 386 g/mol. The van der Waals surface area contributed by atoms with E-state index in [1.807, 2.05) is 19.1 Å². The largest absolute Gasteiger partial charge is 0.490 e. The molecular formula is C19H19FN4O2S. The zero-order valence-electron chi connectivity index (χ0n) is 15.0. The fourth-order valence-electron chi connectivity index (χ4n) is 2.41. The average molecular weight is 386 g/mol. The van der Waals surface area contributed by atoms with Crippen LogP contribution in [-0.4, -0.2) is 27.7 Å². The molecule has 0 fully saturated rings. The Morgan fingerprint density at radius 3 is 2.78 bits per heavy atom. The van der Waals surface area contributed by atoms with Gasteiger partial charge in [-0.05, 0) is 67.5 Å². The van der Waals surface area contributed by atoms with E-state index in [4.69, 9.17) is 21.7 Å². The smallest absolute Gasteiger partial charge is 0.216 e. The van der Waals surface area contributed by atoms with Crippen molar-refractivity contribution in [3.8, 4) is 11.5 Å². The van der Waals surface area contributed by atoms with Crippen LogP contribution >= 0.6 is 12.2 Å². The number of nitrogens with one attached hydrogen (secondary N) is 1. The van der Waals surface area contributed by atoms with Crippen molar-refractivity contribution in [2.45, 2.75) is 20.5 Å². The number of nitrogens with zero attached hydrogens (tertiary/aromatic N) is 3. The van der Waals surface area contributed by atoms with Gasteiger partial charge in [-0.15, -0.1) is 0 Å². The maximum atomic E-state index is 13.3. The van der Waals surface area contributed by atoms with Crippen molar-refractivity contribution in [1.29, 1.82) is 0 Å². The topological polar surface area (TPSA) is 64.4 Å². The molecule has 1 heterocycles. The molecule has 0 saturated heterocycles. The molecule has 140 valence electrons. The number of aryl methyl sites for hydroxylation is 1. The van der Waals surface area contributed by atoms with Crippen LogP contribution in [0.1, 0.15) is 23.9 Å². The van der Waals surface area contributed by atoms with E-state index in [2.05, 4.69) is 15.3 Å². The molecule has 0 saturated carbocycles. The van der Waals surface area contributed by atoms with E-state index in [9.17, 15) is 4.39 Å². The summed E-state index contributed by atoms with van der Waals surface area (Å²) in [4.78, 5) is 0. The van der Waals surface area contributed by atoms with Gasteiger partial charge in [0.25, 0.3) is 0 Å². The molecule has 0 unspecified atom stereocenters. The maximum Gasteiger partial charge on any atom is 0.216 e. The summed E-state index contributed by atoms with van der Waals surface area (Å²) >= 11 is 5.13. The summed E-state index contributed by atoms with van der Waals surface area (Å²) in [6, 6.07) is 11.8. The lowest BCUT2D eigenvalue weighted by atomic mass is 10.2. The number of H-pyrrole nitrogens is 1. The molecule has 3 rings (SSSR count). The van der Waals surface area contributed by atoms with Crippen LogP contribution in [-0.2, 0) is 6.61 Å². The van der Waals surface area contributed by atoms with Crippen LogP contribution in [0.3, 0.4) is 0 Å². The first kappa shape index (κ1) is 18.8. The molecule has 8 heteroatoms. The van der Waals surface area contributed by atoms with E-state index >= 15 is 0 Å². The first-order chi connectivity index (χ1) is 13.1. The summed E-state index contributed by atoms with van der Waals surface area (Å²) in [5, 5.41) is 11.0. The minimum Gasteiger partial charge on any atom is -0.490 e. The predicted molar refractivity (Wildman–Crippen MR) is 103 cm³/mol. The lowest BCUT2D eigenvalue weighted by molar-refractivity contribution is 0.269. The number of aromatic nitrogens is 3. The predicted octanol–water partition coefficient (Wildman–Crippen LogP) is 4.25. The highest BCUT2D eigenvalue weighted by Crippen LogP contribution is 2.29. The van der Waals surface area contributed by atoms with E-state index in [1.165, 1.54) is 16.8 Å². The minimum absolute atomic E-state index is 0.245. The Kier molecular flexibility index (Phi) is 5.97. The average Bonchev–Trinajstić information content (AvgIpc) is 2.97. The third kappa shape index (κ3) is 4.79. The molecule has 6 nitrogen and oxygen atoms in total. The maximum absolute atomic E-state index is 13.3. The Hall–Kier alpha value is -3.00. The Labute approximate surface area is 161 Å². The molecule has 27 heavy (non-hydrogen) atoms. The summed E-state index contributed by atoms with van der Waals surface area (Å²) in [5.41, 5.74) is 1.56. The molecular weight excluding hydrogens is 367 g/mol. The molecule has 1 N–H and O–H groups in total. The second kappa shape index (κ2) is 8.59. The van der Waals surface area contributed by atoms with Crippen LogP contribution in [0, 0.1) is 17.5 Å². The summed E-state index contributed by atoms with van der Waals surface area (Å²) in [6.07, 6.45) is 1.66. The summed E-state index contributed by atoms with van der Waals surface area (Å²) in [7, 11) is 0. The first-order valence-electron chi connectivity index (χ1n) is 8.39. The van der Waals surface area contributed by atoms with Crippen molar-refractivity contribution >= 4 is 18.4 Å². The van der Waals surface area contributed by atoms with Gasteiger partial charge in [-0.2, -0.15) is 14.9 Å². The lowest BCUT2D eigenvalue weighted by Crippen LogP contribution is -2.01. The number of halogens is 1. The lowest BCUT2D eigenvalue weighted by Gasteiger charge is -2.12. The zero-order valence-corrected chi connectivity index (χ0v) is 15.8. The Morgan fingerprint density at radius 1 is 1.22 bits per heavy atom. The highest BCUT2D eigenvalue weighted by molar-refractivity contribution is 7.71. The van der Waals surface area contributed by atoms with Crippen molar-refractivity contribution < 1.29 is 13.9 Å². The molecule has 0 amide bonds. The number of hydrogen-bond acceptors (Lipinski definition) is 5. The zero-order chi connectivity index (χ0) is 19.2. The van der Waals surface area contributed by atoms with Crippen molar-refractivity contribution in [2.75, 3.05) is 6.61 Å². The number of hydrogen-bond donors (Lipinski definition) is 1. The first-order valence-corrected chi connectivity index (χ1v) is 8.80. The highest BCUT2D eigenvalue weighted by atomic mass is 32.1. The number of ether oxygens (including phenoxy) is 2. The van der Waals surface area contributed by atoms with E-state index < -0.39 is 0 Å². The van der Waals surface area contributed by atoms with E-state index in [-0.39, 0.29) is 12.4 Å². The number of benzene rings is 2. The molecule has 0 spiro atoms. The van der Waals surface area contributed by atoms with E-state index in [0.717, 1.165) is 11.1 Å². The molecule has 0 aliphatic carbocycles. The van der Waals surface area contributed by atoms with Gasteiger partial charge in [-0.25, -0.2) is 4.39 Å². The Bertz CT molecular complexity index is 1010. The van der Waals surface area contributed by atoms with Crippen LogP contribution in [0.5, 0.6) is 11.5 Å². The molecule has 0 aliphatic rings. The SMILES string of the molecule is CCOc1cc(/C=N\n2c(C)n[nH]c2=S)ccc1OCc1cccc(F)c1. The van der Waals surface area contributed by atoms with Gasteiger partial charge in [0.15, 0.2) is 11.5 Å². The molecule has 1 aromatic heterocycles. The van der Waals surface area contributed by atoms with Gasteiger partial charge < -0.3 is 9.47 Å². The van der Waals surface area contributed by atoms with Gasteiger partial charge in [0.1, 0.15) is 18.2 Å². The van der Waals surface area contributed by atoms with Crippen LogP contribution < -0.4 is 9.47 Å². The van der Waals surface area contributed by atoms with Gasteiger partial charge in [0.2, 0.25) is 4.77 Å². The van der Waals surface area contributed by atoms with Crippen LogP contribution in [0.4, 0.5) is 4.39 Å². The molecule has 3 aromatic rings. The van der Waals surface area contributed by atoms with Crippen LogP contribution in [0.25, 0.3) is 0 Å². The van der Waals surface area contributed by atoms with Gasteiger partial charge >= 0.3 is 0 Å². The summed E-state index contributed by atoms with van der Waals surface area (Å²) in [6.45, 7) is 4.43. The quantitative estimate of drug-likeness (QED) is 0.487. The fourth-order valence-corrected chi connectivity index (χ4v) is 2.64. The van der Waals surface area contributed by atoms with Gasteiger partial charge in [-0.1, -0.05) is 12.1 Å². The molecule has 0 bridgehead atoms. The second-order valence-electron chi connectivity index (χ2n) is 5.69. The van der Waals surface area contributed by atoms with Gasteiger partial charge in [-0.3, -0.25) is 5.10 Å². The normalized spacial score (nSPS) is 11.1. The fraction of sp³-hybridized carbons (Fsp3) is 0.211. The van der Waals surface area contributed by atoms with Crippen molar-refractivity contribution in [3.63, 3.8) is 0 Å². The van der Waals surface area contributed by atoms with Crippen molar-refractivity contribution in [3.05, 3.63) is 70.0 Å². The Morgan fingerprint density at radius 2 is 2.07 bits per heavy atom. The summed E-state index contributed by atoms with van der Waals surface area (Å²) < 4.78 is 26.7. The number of aromatic amines is 1. The molecule has 0 atom stereocenters. The summed E-state index contributed by atoms with van der Waals surface area (Å²) in [5.74, 6) is 1.54. The molecule has 0 aliphatic heterocycles. The number of rotatable bonds is 7. The van der Waals surface area contributed by atoms with Gasteiger partial charge in [0.05, 0.1) is 12.8 Å². The third-order valence-corrected chi connectivity index (χ3v) is 3.95. The van der Waals surface area contributed by atoms with Gasteiger partial charge in [0, 0.05) is 0 Å². The second-order valence-corrected chi connectivity index (χ2v) is 6.08. The van der Waals surface area contributed by atoms with Crippen molar-refractivity contribution in [2.24, 2.45) is 5.10 Å². The van der Waals surface area contributed by atoms with Crippen LogP contribution in [0.15, 0.2) is 47.6 Å². The molecule has 2 aromatic carbocycles. The van der Waals surface area contributed by atoms with E-state index in [1.54, 1.807) is 31.3 Å². The van der Waals surface area contributed by atoms with Crippen molar-refractivity contribution in [1.82, 2.24) is 14.9 Å². The van der Waals surface area contributed by atoms with E-state index in [0.29, 0.717) is 28.7 Å². The molecule has 0 radical (unpaired) electrons. The standard InChI is InChI=1S/C19H19FN4O2S/c1-3-25-18-10-14(11-21-24-13(2)22-23-19(24)27)7-8-17(18)26-12-15-5-4-6-16(20)9-15/h4-11H,3,12H2,1-2H3,(H,23,27)/b21-11-. The highest BCUT2D eigenvalue weighted by Gasteiger charge is 2.07. The Balaban J connectivity index is 1.79. The third-order valence-electron chi connectivity index (χ3n) is 3.69.